The van der Waals surface area contributed by atoms with Crippen molar-refractivity contribution in [3.05, 3.63) is 0 Å². The lowest BCUT2D eigenvalue weighted by Crippen LogP contribution is -2.49. The van der Waals surface area contributed by atoms with Gasteiger partial charge in [-0.1, -0.05) is 13.3 Å². The van der Waals surface area contributed by atoms with E-state index in [9.17, 15) is 4.79 Å². The molecule has 0 unspecified atom stereocenters. The Kier molecular flexibility index (Phi) is 4.39. The molecule has 0 N–H and O–H groups in total. The summed E-state index contributed by atoms with van der Waals surface area (Å²) in [6.45, 7) is 4.06. The summed E-state index contributed by atoms with van der Waals surface area (Å²) in [6.07, 6.45) is 6.21. The molecule has 1 rings (SSSR count). The molecule has 0 aliphatic carbocycles. The number of carbonyl (C=O) groups is 1. The van der Waals surface area contributed by atoms with Crippen molar-refractivity contribution in [1.82, 2.24) is 0 Å². The summed E-state index contributed by atoms with van der Waals surface area (Å²) in [6, 6.07) is 0. The van der Waals surface area contributed by atoms with Gasteiger partial charge in [0.1, 0.15) is 20.1 Å². The fourth-order valence-electron chi connectivity index (χ4n) is 1.88. The summed E-state index contributed by atoms with van der Waals surface area (Å²) < 4.78 is 0.503. The standard InChI is InChI=1S/C11H22NO2/c1-3-4-8-11(13)14-12(2)9-6-5-7-10-12/h3-10H2,1-2H3/q+1. The van der Waals surface area contributed by atoms with Crippen molar-refractivity contribution in [2.75, 3.05) is 20.1 Å². The van der Waals surface area contributed by atoms with Crippen LogP contribution in [0.5, 0.6) is 0 Å². The maximum atomic E-state index is 11.4. The third kappa shape index (κ3) is 3.66. The molecule has 0 saturated carbocycles. The van der Waals surface area contributed by atoms with Crippen LogP contribution in [-0.4, -0.2) is 30.8 Å². The Bertz CT molecular complexity index is 186. The SMILES string of the molecule is CCCCC(=O)O[N+]1(C)CCCCC1. The Morgan fingerprint density at radius 1 is 1.29 bits per heavy atom. The van der Waals surface area contributed by atoms with Crippen LogP contribution < -0.4 is 0 Å². The van der Waals surface area contributed by atoms with Crippen molar-refractivity contribution in [2.24, 2.45) is 0 Å². The molecular weight excluding hydrogens is 178 g/mol. The maximum Gasteiger partial charge on any atom is 0.366 e. The molecule has 0 bridgehead atoms. The Labute approximate surface area is 86.6 Å². The summed E-state index contributed by atoms with van der Waals surface area (Å²) in [4.78, 5) is 16.9. The van der Waals surface area contributed by atoms with Crippen LogP contribution in [0.25, 0.3) is 0 Å². The monoisotopic (exact) mass is 200 g/mol. The van der Waals surface area contributed by atoms with Crippen molar-refractivity contribution in [3.63, 3.8) is 0 Å². The Morgan fingerprint density at radius 2 is 1.93 bits per heavy atom. The van der Waals surface area contributed by atoms with E-state index in [1.54, 1.807) is 0 Å². The predicted molar refractivity (Wildman–Crippen MR) is 55.4 cm³/mol. The van der Waals surface area contributed by atoms with E-state index in [1.807, 2.05) is 7.05 Å². The molecular formula is C11H22NO2+. The number of hydrogen-bond donors (Lipinski definition) is 0. The molecule has 0 atom stereocenters. The molecule has 0 aromatic carbocycles. The lowest BCUT2D eigenvalue weighted by molar-refractivity contribution is -1.08. The molecule has 0 aromatic rings. The van der Waals surface area contributed by atoms with Gasteiger partial charge in [0.15, 0.2) is 0 Å². The fraction of sp³-hybridized carbons (Fsp3) is 0.909. The molecule has 1 fully saturated rings. The zero-order valence-corrected chi connectivity index (χ0v) is 9.42. The number of quaternary nitrogens is 1. The van der Waals surface area contributed by atoms with Gasteiger partial charge in [0.2, 0.25) is 0 Å². The van der Waals surface area contributed by atoms with E-state index in [4.69, 9.17) is 4.84 Å². The molecule has 3 heteroatoms. The second kappa shape index (κ2) is 5.35. The van der Waals surface area contributed by atoms with Crippen LogP contribution in [0.2, 0.25) is 0 Å². The van der Waals surface area contributed by atoms with E-state index >= 15 is 0 Å². The molecule has 0 aromatic heterocycles. The van der Waals surface area contributed by atoms with E-state index in [2.05, 4.69) is 6.92 Å². The molecule has 1 saturated heterocycles. The first kappa shape index (κ1) is 11.5. The first-order valence-corrected chi connectivity index (χ1v) is 5.73. The number of carbonyl (C=O) groups excluding carboxylic acids is 1. The number of piperidine rings is 1. The molecule has 0 radical (unpaired) electrons. The fourth-order valence-corrected chi connectivity index (χ4v) is 1.88. The zero-order valence-electron chi connectivity index (χ0n) is 9.42. The van der Waals surface area contributed by atoms with E-state index in [1.165, 1.54) is 19.3 Å². The Hall–Kier alpha value is -0.570. The summed E-state index contributed by atoms with van der Waals surface area (Å²) in [5.74, 6) is -0.0312. The first-order chi connectivity index (χ1) is 6.66. The molecule has 1 aliphatic rings. The normalized spacial score (nSPS) is 20.4. The van der Waals surface area contributed by atoms with Gasteiger partial charge in [-0.3, -0.25) is 4.84 Å². The Balaban J connectivity index is 2.29. The highest BCUT2D eigenvalue weighted by Crippen LogP contribution is 2.17. The third-order valence-electron chi connectivity index (χ3n) is 2.82. The third-order valence-corrected chi connectivity index (χ3v) is 2.82. The molecule has 82 valence electrons. The van der Waals surface area contributed by atoms with Crippen LogP contribution in [-0.2, 0) is 9.63 Å². The van der Waals surface area contributed by atoms with Gasteiger partial charge < -0.3 is 0 Å². The van der Waals surface area contributed by atoms with Gasteiger partial charge in [-0.05, 0) is 12.8 Å². The quantitative estimate of drug-likeness (QED) is 0.651. The number of rotatable bonds is 4. The highest BCUT2D eigenvalue weighted by atomic mass is 16.7. The van der Waals surface area contributed by atoms with E-state index in [0.717, 1.165) is 25.9 Å². The van der Waals surface area contributed by atoms with Gasteiger partial charge >= 0.3 is 5.97 Å². The van der Waals surface area contributed by atoms with Gasteiger partial charge in [0.25, 0.3) is 0 Å². The summed E-state index contributed by atoms with van der Waals surface area (Å²) in [5, 5.41) is 0. The lowest BCUT2D eigenvalue weighted by Gasteiger charge is -2.33. The zero-order chi connectivity index (χ0) is 10.4. The van der Waals surface area contributed by atoms with Crippen LogP contribution >= 0.6 is 0 Å². The maximum absolute atomic E-state index is 11.4. The number of hydrogen-bond acceptors (Lipinski definition) is 2. The minimum absolute atomic E-state index is 0.0312. The minimum Gasteiger partial charge on any atom is -0.277 e. The minimum atomic E-state index is -0.0312. The average molecular weight is 200 g/mol. The van der Waals surface area contributed by atoms with Crippen LogP contribution in [0.1, 0.15) is 45.4 Å². The van der Waals surface area contributed by atoms with E-state index in [0.29, 0.717) is 11.1 Å². The van der Waals surface area contributed by atoms with Crippen LogP contribution in [0.4, 0.5) is 0 Å². The van der Waals surface area contributed by atoms with Gasteiger partial charge in [-0.25, -0.2) is 4.79 Å². The van der Waals surface area contributed by atoms with Crippen molar-refractivity contribution in [3.8, 4) is 0 Å². The summed E-state index contributed by atoms with van der Waals surface area (Å²) in [7, 11) is 2.02. The van der Waals surface area contributed by atoms with Crippen molar-refractivity contribution in [2.45, 2.75) is 45.4 Å². The molecule has 1 heterocycles. The second-order valence-electron chi connectivity index (χ2n) is 4.37. The van der Waals surface area contributed by atoms with Crippen molar-refractivity contribution in [1.29, 1.82) is 0 Å². The highest BCUT2D eigenvalue weighted by Gasteiger charge is 2.29. The van der Waals surface area contributed by atoms with Gasteiger partial charge in [-0.15, -0.1) is 4.65 Å². The van der Waals surface area contributed by atoms with E-state index in [-0.39, 0.29) is 5.97 Å². The highest BCUT2D eigenvalue weighted by molar-refractivity contribution is 5.68. The number of nitrogens with zero attached hydrogens (tertiary/aromatic N) is 1. The summed E-state index contributed by atoms with van der Waals surface area (Å²) in [5.41, 5.74) is 0. The summed E-state index contributed by atoms with van der Waals surface area (Å²) >= 11 is 0. The number of likely N-dealkylation sites (tertiary alicyclic amines) is 1. The largest absolute Gasteiger partial charge is 0.366 e. The first-order valence-electron chi connectivity index (χ1n) is 5.73. The molecule has 0 amide bonds. The van der Waals surface area contributed by atoms with Crippen LogP contribution in [0, 0.1) is 0 Å². The average Bonchev–Trinajstić information content (AvgIpc) is 2.15. The predicted octanol–water partition coefficient (Wildman–Crippen LogP) is 2.27. The second-order valence-corrected chi connectivity index (χ2v) is 4.37. The number of unbranched alkanes of at least 4 members (excludes halogenated alkanes) is 1. The van der Waals surface area contributed by atoms with Gasteiger partial charge in [-0.2, -0.15) is 0 Å². The van der Waals surface area contributed by atoms with E-state index < -0.39 is 0 Å². The topological polar surface area (TPSA) is 26.3 Å². The molecule has 14 heavy (non-hydrogen) atoms. The van der Waals surface area contributed by atoms with Crippen LogP contribution in [0.15, 0.2) is 0 Å². The molecule has 1 aliphatic heterocycles. The van der Waals surface area contributed by atoms with Crippen molar-refractivity contribution < 1.29 is 14.3 Å². The van der Waals surface area contributed by atoms with Crippen LogP contribution in [0.3, 0.4) is 0 Å². The van der Waals surface area contributed by atoms with Crippen molar-refractivity contribution >= 4 is 5.97 Å². The van der Waals surface area contributed by atoms with Gasteiger partial charge in [0, 0.05) is 12.8 Å². The smallest absolute Gasteiger partial charge is 0.277 e. The van der Waals surface area contributed by atoms with Gasteiger partial charge in [0.05, 0.1) is 6.42 Å². The number of hydroxylamine groups is 3. The lowest BCUT2D eigenvalue weighted by atomic mass is 10.1. The Morgan fingerprint density at radius 3 is 2.50 bits per heavy atom. The molecule has 3 nitrogen and oxygen atoms in total. The molecule has 0 spiro atoms.